The smallest absolute Gasteiger partial charge is 0.0727 e. The summed E-state index contributed by atoms with van der Waals surface area (Å²) in [5, 5.41) is 4.61. The molecule has 0 amide bonds. The van der Waals surface area contributed by atoms with Crippen LogP contribution in [0.4, 0.5) is 11.4 Å². The van der Waals surface area contributed by atoms with Gasteiger partial charge in [0.05, 0.1) is 5.52 Å². The fraction of sp³-hybridized carbons (Fsp3) is 0.400. The van der Waals surface area contributed by atoms with Crippen molar-refractivity contribution >= 4 is 22.3 Å². The van der Waals surface area contributed by atoms with Crippen LogP contribution in [0.1, 0.15) is 26.0 Å². The van der Waals surface area contributed by atoms with Crippen LogP contribution in [0.3, 0.4) is 0 Å². The number of hydrogen-bond acceptors (Lipinski definition) is 3. The molecule has 18 heavy (non-hydrogen) atoms. The minimum atomic E-state index is 0.662. The zero-order valence-electron chi connectivity index (χ0n) is 11.3. The number of nitrogens with two attached hydrogens (primary N) is 1. The number of pyridine rings is 1. The Morgan fingerprint density at radius 1 is 1.33 bits per heavy atom. The molecule has 0 fully saturated rings. The van der Waals surface area contributed by atoms with Gasteiger partial charge in [-0.25, -0.2) is 0 Å². The van der Waals surface area contributed by atoms with Crippen molar-refractivity contribution in [2.24, 2.45) is 5.92 Å². The van der Waals surface area contributed by atoms with E-state index in [1.165, 1.54) is 6.42 Å². The van der Waals surface area contributed by atoms with Crippen LogP contribution >= 0.6 is 0 Å². The van der Waals surface area contributed by atoms with Crippen LogP contribution in [0, 0.1) is 12.8 Å². The van der Waals surface area contributed by atoms with Crippen LogP contribution in [-0.2, 0) is 0 Å². The maximum Gasteiger partial charge on any atom is 0.0727 e. The van der Waals surface area contributed by atoms with E-state index in [4.69, 9.17) is 5.73 Å². The van der Waals surface area contributed by atoms with Crippen molar-refractivity contribution in [3.8, 4) is 0 Å². The van der Waals surface area contributed by atoms with Gasteiger partial charge in [-0.2, -0.15) is 0 Å². The lowest BCUT2D eigenvalue weighted by atomic mass is 10.1. The third kappa shape index (κ3) is 2.73. The molecule has 3 heteroatoms. The molecule has 1 atom stereocenters. The molecule has 0 aliphatic heterocycles. The lowest BCUT2D eigenvalue weighted by molar-refractivity contribution is 0.594. The average Bonchev–Trinajstić information content (AvgIpc) is 2.36. The summed E-state index contributed by atoms with van der Waals surface area (Å²) in [6.45, 7) is 7.45. The Hall–Kier alpha value is -1.77. The molecule has 0 bridgehead atoms. The molecule has 2 aromatic rings. The number of anilines is 2. The first-order valence-electron chi connectivity index (χ1n) is 6.51. The van der Waals surface area contributed by atoms with Crippen molar-refractivity contribution in [1.29, 1.82) is 0 Å². The second-order valence-corrected chi connectivity index (χ2v) is 4.98. The Kier molecular flexibility index (Phi) is 3.70. The second kappa shape index (κ2) is 5.25. The Morgan fingerprint density at radius 2 is 2.11 bits per heavy atom. The summed E-state index contributed by atoms with van der Waals surface area (Å²) in [6.07, 6.45) is 1.18. The van der Waals surface area contributed by atoms with Gasteiger partial charge in [0.2, 0.25) is 0 Å². The minimum Gasteiger partial charge on any atom is -0.399 e. The van der Waals surface area contributed by atoms with Gasteiger partial charge in [-0.05, 0) is 37.1 Å². The van der Waals surface area contributed by atoms with Crippen LogP contribution in [0.25, 0.3) is 10.9 Å². The first-order chi connectivity index (χ1) is 8.60. The third-order valence-corrected chi connectivity index (χ3v) is 3.30. The molecule has 0 radical (unpaired) electrons. The number of hydrogen-bond donors (Lipinski definition) is 2. The first-order valence-corrected chi connectivity index (χ1v) is 6.51. The lowest BCUT2D eigenvalue weighted by Crippen LogP contribution is -2.11. The summed E-state index contributed by atoms with van der Waals surface area (Å²) in [5.41, 5.74) is 9.79. The molecule has 0 saturated carbocycles. The summed E-state index contributed by atoms with van der Waals surface area (Å²) in [5.74, 6) is 0.662. The Labute approximate surface area is 108 Å². The molecule has 2 rings (SSSR count). The fourth-order valence-electron chi connectivity index (χ4n) is 1.95. The van der Waals surface area contributed by atoms with Gasteiger partial charge in [0.1, 0.15) is 0 Å². The van der Waals surface area contributed by atoms with Crippen LogP contribution in [0.2, 0.25) is 0 Å². The quantitative estimate of drug-likeness (QED) is 0.807. The predicted octanol–water partition coefficient (Wildman–Crippen LogP) is 3.58. The topological polar surface area (TPSA) is 50.9 Å². The van der Waals surface area contributed by atoms with E-state index in [2.05, 4.69) is 30.2 Å². The summed E-state index contributed by atoms with van der Waals surface area (Å²) >= 11 is 0. The van der Waals surface area contributed by atoms with Gasteiger partial charge in [0.15, 0.2) is 0 Å². The van der Waals surface area contributed by atoms with Crippen LogP contribution in [0.15, 0.2) is 24.3 Å². The van der Waals surface area contributed by atoms with Gasteiger partial charge in [0.25, 0.3) is 0 Å². The molecule has 96 valence electrons. The fourth-order valence-corrected chi connectivity index (χ4v) is 1.95. The van der Waals surface area contributed by atoms with E-state index in [1.54, 1.807) is 0 Å². The molecule has 1 aromatic carbocycles. The van der Waals surface area contributed by atoms with Gasteiger partial charge in [-0.1, -0.05) is 20.3 Å². The highest BCUT2D eigenvalue weighted by Gasteiger charge is 2.05. The standard InChI is InChI=1S/C15H21N3/c1-4-10(2)9-17-15-7-11(3)18-14-6-5-12(16)8-13(14)15/h5-8,10H,4,9,16H2,1-3H3,(H,17,18). The molecule has 1 unspecified atom stereocenters. The molecular formula is C15H21N3. The Morgan fingerprint density at radius 3 is 2.83 bits per heavy atom. The maximum absolute atomic E-state index is 5.86. The van der Waals surface area contributed by atoms with Crippen molar-refractivity contribution in [2.75, 3.05) is 17.6 Å². The molecule has 1 aromatic heterocycles. The van der Waals surface area contributed by atoms with Crippen molar-refractivity contribution in [3.05, 3.63) is 30.0 Å². The highest BCUT2D eigenvalue weighted by Crippen LogP contribution is 2.25. The lowest BCUT2D eigenvalue weighted by Gasteiger charge is -2.14. The van der Waals surface area contributed by atoms with Gasteiger partial charge >= 0.3 is 0 Å². The van der Waals surface area contributed by atoms with Gasteiger partial charge in [-0.3, -0.25) is 4.98 Å². The zero-order valence-corrected chi connectivity index (χ0v) is 11.3. The Balaban J connectivity index is 2.38. The number of aryl methyl sites for hydroxylation is 1. The van der Waals surface area contributed by atoms with Gasteiger partial charge in [-0.15, -0.1) is 0 Å². The second-order valence-electron chi connectivity index (χ2n) is 4.98. The minimum absolute atomic E-state index is 0.662. The summed E-state index contributed by atoms with van der Waals surface area (Å²) < 4.78 is 0. The average molecular weight is 243 g/mol. The van der Waals surface area contributed by atoms with Gasteiger partial charge < -0.3 is 11.1 Å². The number of nitrogen functional groups attached to an aromatic ring is 1. The number of fused-ring (bicyclic) bond motifs is 1. The van der Waals surface area contributed by atoms with E-state index in [0.717, 1.165) is 34.5 Å². The summed E-state index contributed by atoms with van der Waals surface area (Å²) in [7, 11) is 0. The SMILES string of the molecule is CCC(C)CNc1cc(C)nc2ccc(N)cc12. The number of aromatic nitrogens is 1. The van der Waals surface area contributed by atoms with Crippen LogP contribution in [-0.4, -0.2) is 11.5 Å². The largest absolute Gasteiger partial charge is 0.399 e. The molecule has 0 aliphatic carbocycles. The van der Waals surface area contributed by atoms with E-state index < -0.39 is 0 Å². The number of rotatable bonds is 4. The van der Waals surface area contributed by atoms with E-state index in [1.807, 2.05) is 25.1 Å². The van der Waals surface area contributed by atoms with Crippen molar-refractivity contribution in [3.63, 3.8) is 0 Å². The van der Waals surface area contributed by atoms with E-state index in [-0.39, 0.29) is 0 Å². The van der Waals surface area contributed by atoms with Crippen molar-refractivity contribution < 1.29 is 0 Å². The molecule has 3 N–H and O–H groups in total. The third-order valence-electron chi connectivity index (χ3n) is 3.30. The molecule has 1 heterocycles. The number of nitrogens with one attached hydrogen (secondary N) is 1. The van der Waals surface area contributed by atoms with E-state index in [0.29, 0.717) is 5.92 Å². The molecular weight excluding hydrogens is 222 g/mol. The van der Waals surface area contributed by atoms with E-state index in [9.17, 15) is 0 Å². The summed E-state index contributed by atoms with van der Waals surface area (Å²) in [4.78, 5) is 4.53. The number of benzene rings is 1. The highest BCUT2D eigenvalue weighted by atomic mass is 14.9. The molecule has 0 spiro atoms. The highest BCUT2D eigenvalue weighted by molar-refractivity contribution is 5.93. The number of nitrogens with zero attached hydrogens (tertiary/aromatic N) is 1. The summed E-state index contributed by atoms with van der Waals surface area (Å²) in [6, 6.07) is 7.95. The van der Waals surface area contributed by atoms with E-state index >= 15 is 0 Å². The first kappa shape index (κ1) is 12.7. The van der Waals surface area contributed by atoms with Crippen molar-refractivity contribution in [1.82, 2.24) is 4.98 Å². The Bertz CT molecular complexity index is 549. The molecule has 3 nitrogen and oxygen atoms in total. The maximum atomic E-state index is 5.86. The van der Waals surface area contributed by atoms with Crippen molar-refractivity contribution in [2.45, 2.75) is 27.2 Å². The monoisotopic (exact) mass is 243 g/mol. The molecule has 0 saturated heterocycles. The van der Waals surface area contributed by atoms with Crippen LogP contribution in [0.5, 0.6) is 0 Å². The predicted molar refractivity (Wildman–Crippen MR) is 78.8 cm³/mol. The van der Waals surface area contributed by atoms with Crippen LogP contribution < -0.4 is 11.1 Å². The normalized spacial score (nSPS) is 12.6. The molecule has 0 aliphatic rings. The van der Waals surface area contributed by atoms with Gasteiger partial charge in [0, 0.05) is 29.0 Å². The zero-order chi connectivity index (χ0) is 13.1.